The van der Waals surface area contributed by atoms with Crippen molar-refractivity contribution < 1.29 is 19.6 Å². The molecule has 0 aromatic carbocycles. The highest BCUT2D eigenvalue weighted by Gasteiger charge is 1.89. The van der Waals surface area contributed by atoms with E-state index in [2.05, 4.69) is 19.6 Å². The van der Waals surface area contributed by atoms with Crippen molar-refractivity contribution in [3.8, 4) is 0 Å². The average molecular weight is 180 g/mol. The van der Waals surface area contributed by atoms with Crippen LogP contribution in [-0.2, 0) is 19.6 Å². The topological polar surface area (TPSA) is 89.0 Å². The summed E-state index contributed by atoms with van der Waals surface area (Å²) in [4.78, 5) is 18.5. The molecule has 4 N–H and O–H groups in total. The summed E-state index contributed by atoms with van der Waals surface area (Å²) in [6.45, 7) is 2.25. The normalized spacial score (nSPS) is 10.5. The predicted molar refractivity (Wildman–Crippen MR) is 41.9 cm³/mol. The van der Waals surface area contributed by atoms with E-state index < -0.39 is 0 Å². The van der Waals surface area contributed by atoms with Gasteiger partial charge >= 0.3 is 0 Å². The Bertz CT molecular complexity index is 73.9. The molecule has 0 bridgehead atoms. The van der Waals surface area contributed by atoms with Gasteiger partial charge < -0.3 is 11.5 Å². The van der Waals surface area contributed by atoms with Gasteiger partial charge in [-0.3, -0.25) is 0 Å². The summed E-state index contributed by atoms with van der Waals surface area (Å²) in [5.41, 5.74) is 10.3. The standard InChI is InChI=1S/C6H16N2O4/c7-1-3-9-11-5-6-12-10-4-2-8/h1-8H2. The minimum atomic E-state index is 0.310. The molecule has 0 radical (unpaired) electrons. The van der Waals surface area contributed by atoms with Crippen LogP contribution >= 0.6 is 0 Å². The lowest BCUT2D eigenvalue weighted by atomic mass is 10.7. The van der Waals surface area contributed by atoms with Gasteiger partial charge in [0.25, 0.3) is 0 Å². The highest BCUT2D eigenvalue weighted by molar-refractivity contribution is 4.24. The van der Waals surface area contributed by atoms with E-state index in [9.17, 15) is 0 Å². The van der Waals surface area contributed by atoms with E-state index >= 15 is 0 Å². The number of nitrogens with two attached hydrogens (primary N) is 2. The third kappa shape index (κ3) is 9.76. The van der Waals surface area contributed by atoms with Gasteiger partial charge in [-0.15, -0.1) is 0 Å². The zero-order valence-electron chi connectivity index (χ0n) is 7.03. The van der Waals surface area contributed by atoms with Crippen LogP contribution in [0.4, 0.5) is 0 Å². The molecule has 6 nitrogen and oxygen atoms in total. The lowest BCUT2D eigenvalue weighted by molar-refractivity contribution is -0.338. The van der Waals surface area contributed by atoms with Gasteiger partial charge in [0.1, 0.15) is 13.2 Å². The van der Waals surface area contributed by atoms with Crippen LogP contribution in [0.5, 0.6) is 0 Å². The predicted octanol–water partition coefficient (Wildman–Crippen LogP) is -1.20. The largest absolute Gasteiger partial charge is 0.328 e. The monoisotopic (exact) mass is 180 g/mol. The zero-order chi connectivity index (χ0) is 9.07. The molecule has 12 heavy (non-hydrogen) atoms. The lowest BCUT2D eigenvalue weighted by Gasteiger charge is -2.03. The minimum Gasteiger partial charge on any atom is -0.328 e. The molecule has 0 heterocycles. The molecule has 0 unspecified atom stereocenters. The Labute approximate surface area is 71.6 Å². The molecule has 0 amide bonds. The summed E-state index contributed by atoms with van der Waals surface area (Å²) < 4.78 is 0. The SMILES string of the molecule is NCCOOCCOOCCN. The maximum absolute atomic E-state index is 5.13. The van der Waals surface area contributed by atoms with E-state index in [-0.39, 0.29) is 0 Å². The van der Waals surface area contributed by atoms with Gasteiger partial charge in [-0.2, -0.15) is 0 Å². The van der Waals surface area contributed by atoms with E-state index in [4.69, 9.17) is 11.5 Å². The fourth-order valence-corrected chi connectivity index (χ4v) is 0.400. The van der Waals surface area contributed by atoms with Gasteiger partial charge in [0.05, 0.1) is 13.2 Å². The molecule has 0 atom stereocenters. The van der Waals surface area contributed by atoms with Crippen LogP contribution in [0.2, 0.25) is 0 Å². The maximum Gasteiger partial charge on any atom is 0.109 e. The second-order valence-electron chi connectivity index (χ2n) is 1.87. The first kappa shape index (κ1) is 11.8. The van der Waals surface area contributed by atoms with E-state index in [1.165, 1.54) is 0 Å². The maximum atomic E-state index is 5.13. The third-order valence-electron chi connectivity index (χ3n) is 0.819. The number of rotatable bonds is 9. The molecule has 0 saturated carbocycles. The molecule has 6 heteroatoms. The van der Waals surface area contributed by atoms with Crippen molar-refractivity contribution in [3.63, 3.8) is 0 Å². The van der Waals surface area contributed by atoms with Crippen molar-refractivity contribution in [1.82, 2.24) is 0 Å². The van der Waals surface area contributed by atoms with Crippen LogP contribution in [0.25, 0.3) is 0 Å². The first-order chi connectivity index (χ1) is 5.91. The van der Waals surface area contributed by atoms with Crippen LogP contribution in [0.3, 0.4) is 0 Å². The highest BCUT2D eigenvalue weighted by Crippen LogP contribution is 1.81. The van der Waals surface area contributed by atoms with Gasteiger partial charge in [-0.25, -0.2) is 19.6 Å². The van der Waals surface area contributed by atoms with Gasteiger partial charge in [0.15, 0.2) is 0 Å². The molecule has 0 aliphatic carbocycles. The molecule has 0 aromatic rings. The Morgan fingerprint density at radius 2 is 0.917 bits per heavy atom. The summed E-state index contributed by atoms with van der Waals surface area (Å²) >= 11 is 0. The smallest absolute Gasteiger partial charge is 0.109 e. The Morgan fingerprint density at radius 1 is 0.583 bits per heavy atom. The molecular weight excluding hydrogens is 164 g/mol. The molecule has 0 aromatic heterocycles. The van der Waals surface area contributed by atoms with E-state index in [0.29, 0.717) is 39.5 Å². The molecule has 0 saturated heterocycles. The third-order valence-corrected chi connectivity index (χ3v) is 0.819. The van der Waals surface area contributed by atoms with Crippen molar-refractivity contribution in [1.29, 1.82) is 0 Å². The minimum absolute atomic E-state index is 0.310. The summed E-state index contributed by atoms with van der Waals surface area (Å²) in [6.07, 6.45) is 0. The molecule has 0 aliphatic rings. The van der Waals surface area contributed by atoms with E-state index in [1.54, 1.807) is 0 Å². The van der Waals surface area contributed by atoms with Crippen LogP contribution in [0.15, 0.2) is 0 Å². The van der Waals surface area contributed by atoms with E-state index in [1.807, 2.05) is 0 Å². The molecule has 74 valence electrons. The Morgan fingerprint density at radius 3 is 1.25 bits per heavy atom. The summed E-state index contributed by atoms with van der Waals surface area (Å²) in [5, 5.41) is 0. The fourth-order valence-electron chi connectivity index (χ4n) is 0.400. The first-order valence-electron chi connectivity index (χ1n) is 3.80. The fraction of sp³-hybridized carbons (Fsp3) is 1.00. The summed E-state index contributed by atoms with van der Waals surface area (Å²) in [6, 6.07) is 0. The van der Waals surface area contributed by atoms with Gasteiger partial charge in [-0.1, -0.05) is 0 Å². The van der Waals surface area contributed by atoms with Crippen LogP contribution in [0.1, 0.15) is 0 Å². The zero-order valence-corrected chi connectivity index (χ0v) is 7.03. The summed E-state index contributed by atoms with van der Waals surface area (Å²) in [5.74, 6) is 0. The molecule has 0 aliphatic heterocycles. The number of hydrogen-bond acceptors (Lipinski definition) is 6. The van der Waals surface area contributed by atoms with Gasteiger partial charge in [0, 0.05) is 13.1 Å². The Hall–Kier alpha value is -0.240. The van der Waals surface area contributed by atoms with Crippen LogP contribution in [-0.4, -0.2) is 39.5 Å². The van der Waals surface area contributed by atoms with Crippen molar-refractivity contribution in [2.45, 2.75) is 0 Å². The first-order valence-corrected chi connectivity index (χ1v) is 3.80. The van der Waals surface area contributed by atoms with Crippen LogP contribution < -0.4 is 11.5 Å². The van der Waals surface area contributed by atoms with Crippen molar-refractivity contribution >= 4 is 0 Å². The second kappa shape index (κ2) is 10.8. The van der Waals surface area contributed by atoms with E-state index in [0.717, 1.165) is 0 Å². The van der Waals surface area contributed by atoms with Crippen molar-refractivity contribution in [2.75, 3.05) is 39.5 Å². The quantitative estimate of drug-likeness (QED) is 0.263. The number of hydrogen-bond donors (Lipinski definition) is 2. The second-order valence-corrected chi connectivity index (χ2v) is 1.87. The highest BCUT2D eigenvalue weighted by atomic mass is 17.2. The molecule has 0 spiro atoms. The average Bonchev–Trinajstić information content (AvgIpc) is 2.10. The van der Waals surface area contributed by atoms with Gasteiger partial charge in [-0.05, 0) is 0 Å². The van der Waals surface area contributed by atoms with Gasteiger partial charge in [0.2, 0.25) is 0 Å². The summed E-state index contributed by atoms with van der Waals surface area (Å²) in [7, 11) is 0. The van der Waals surface area contributed by atoms with Crippen molar-refractivity contribution in [3.05, 3.63) is 0 Å². The molecule has 0 fully saturated rings. The Balaban J connectivity index is 2.73. The van der Waals surface area contributed by atoms with Crippen molar-refractivity contribution in [2.24, 2.45) is 11.5 Å². The molecular formula is C6H16N2O4. The van der Waals surface area contributed by atoms with Crippen LogP contribution in [0, 0.1) is 0 Å². The molecule has 0 rings (SSSR count). The Kier molecular flexibility index (Phi) is 10.5. The lowest BCUT2D eigenvalue weighted by Crippen LogP contribution is -2.13.